The average molecular weight is 224 g/mol. The van der Waals surface area contributed by atoms with E-state index in [0.29, 0.717) is 12.5 Å². The predicted molar refractivity (Wildman–Crippen MR) is 68.0 cm³/mol. The van der Waals surface area contributed by atoms with Crippen molar-refractivity contribution in [2.75, 3.05) is 12.8 Å². The van der Waals surface area contributed by atoms with Gasteiger partial charge in [-0.15, -0.1) is 11.8 Å². The number of rotatable bonds is 5. The van der Waals surface area contributed by atoms with Crippen molar-refractivity contribution in [2.24, 2.45) is 17.4 Å². The Labute approximate surface area is 96.4 Å². The Morgan fingerprint density at radius 2 is 1.87 bits per heavy atom. The third-order valence-corrected chi connectivity index (χ3v) is 3.35. The second-order valence-corrected chi connectivity index (χ2v) is 4.84. The van der Waals surface area contributed by atoms with Gasteiger partial charge in [-0.3, -0.25) is 0 Å². The first-order valence-electron chi connectivity index (χ1n) is 5.27. The monoisotopic (exact) mass is 224 g/mol. The molecule has 84 valence electrons. The fourth-order valence-electron chi connectivity index (χ4n) is 1.52. The highest BCUT2D eigenvalue weighted by Gasteiger charge is 2.09. The third-order valence-electron chi connectivity index (χ3n) is 2.60. The highest BCUT2D eigenvalue weighted by molar-refractivity contribution is 7.98. The van der Waals surface area contributed by atoms with Crippen molar-refractivity contribution >= 4 is 11.8 Å². The molecule has 2 atom stereocenters. The Hall–Kier alpha value is -0.510. The van der Waals surface area contributed by atoms with Gasteiger partial charge in [0, 0.05) is 10.9 Å². The summed E-state index contributed by atoms with van der Waals surface area (Å²) < 4.78 is 0. The van der Waals surface area contributed by atoms with Gasteiger partial charge >= 0.3 is 0 Å². The molecular formula is C12H20N2S. The van der Waals surface area contributed by atoms with Gasteiger partial charge in [0.15, 0.2) is 0 Å². The molecule has 15 heavy (non-hydrogen) atoms. The van der Waals surface area contributed by atoms with Crippen LogP contribution in [0.25, 0.3) is 0 Å². The quantitative estimate of drug-likeness (QED) is 0.755. The van der Waals surface area contributed by atoms with Gasteiger partial charge in [0.25, 0.3) is 0 Å². The van der Waals surface area contributed by atoms with Crippen LogP contribution in [0.2, 0.25) is 0 Å². The maximum Gasteiger partial charge on any atom is 0.0297 e. The molecule has 2 nitrogen and oxygen atoms in total. The van der Waals surface area contributed by atoms with Crippen molar-refractivity contribution < 1.29 is 0 Å². The zero-order valence-corrected chi connectivity index (χ0v) is 10.3. The van der Waals surface area contributed by atoms with E-state index in [0.717, 1.165) is 6.42 Å². The first kappa shape index (κ1) is 12.6. The van der Waals surface area contributed by atoms with Crippen LogP contribution in [0.1, 0.15) is 24.9 Å². The van der Waals surface area contributed by atoms with E-state index in [2.05, 4.69) is 37.4 Å². The molecule has 0 aliphatic heterocycles. The van der Waals surface area contributed by atoms with Gasteiger partial charge in [-0.05, 0) is 42.8 Å². The lowest BCUT2D eigenvalue weighted by Gasteiger charge is -2.16. The van der Waals surface area contributed by atoms with Crippen molar-refractivity contribution in [1.82, 2.24) is 0 Å². The number of hydrogen-bond donors (Lipinski definition) is 2. The van der Waals surface area contributed by atoms with Crippen LogP contribution in [-0.4, -0.2) is 12.8 Å². The van der Waals surface area contributed by atoms with Crippen LogP contribution in [0.3, 0.4) is 0 Å². The summed E-state index contributed by atoms with van der Waals surface area (Å²) in [7, 11) is 0. The van der Waals surface area contributed by atoms with Gasteiger partial charge in [-0.1, -0.05) is 19.1 Å². The van der Waals surface area contributed by atoms with Gasteiger partial charge in [-0.2, -0.15) is 0 Å². The standard InChI is InChI=1S/C12H20N2S/c1-9(8-13)7-12(14)10-3-5-11(15-2)6-4-10/h3-6,9,12H,7-8,13-14H2,1-2H3. The zero-order valence-electron chi connectivity index (χ0n) is 9.44. The lowest BCUT2D eigenvalue weighted by atomic mass is 9.97. The lowest BCUT2D eigenvalue weighted by molar-refractivity contribution is 0.482. The fourth-order valence-corrected chi connectivity index (χ4v) is 1.93. The maximum atomic E-state index is 6.10. The van der Waals surface area contributed by atoms with Crippen LogP contribution < -0.4 is 11.5 Å². The predicted octanol–water partition coefficient (Wildman–Crippen LogP) is 2.39. The van der Waals surface area contributed by atoms with E-state index < -0.39 is 0 Å². The average Bonchev–Trinajstić information content (AvgIpc) is 2.29. The van der Waals surface area contributed by atoms with E-state index in [1.165, 1.54) is 10.5 Å². The molecule has 0 saturated heterocycles. The fraction of sp³-hybridized carbons (Fsp3) is 0.500. The zero-order chi connectivity index (χ0) is 11.3. The third kappa shape index (κ3) is 3.86. The van der Waals surface area contributed by atoms with Crippen molar-refractivity contribution in [3.05, 3.63) is 29.8 Å². The van der Waals surface area contributed by atoms with E-state index in [9.17, 15) is 0 Å². The minimum atomic E-state index is 0.111. The molecular weight excluding hydrogens is 204 g/mol. The Balaban J connectivity index is 2.61. The molecule has 0 aliphatic rings. The van der Waals surface area contributed by atoms with Gasteiger partial charge in [0.05, 0.1) is 0 Å². The molecule has 2 unspecified atom stereocenters. The SMILES string of the molecule is CSc1ccc(C(N)CC(C)CN)cc1. The summed E-state index contributed by atoms with van der Waals surface area (Å²) in [4.78, 5) is 1.28. The second kappa shape index (κ2) is 6.16. The number of benzene rings is 1. The van der Waals surface area contributed by atoms with Crippen LogP contribution in [0.4, 0.5) is 0 Å². The molecule has 3 heteroatoms. The molecule has 0 aliphatic carbocycles. The van der Waals surface area contributed by atoms with E-state index in [1.54, 1.807) is 11.8 Å². The molecule has 0 amide bonds. The maximum absolute atomic E-state index is 6.10. The highest BCUT2D eigenvalue weighted by atomic mass is 32.2. The Morgan fingerprint density at radius 1 is 1.27 bits per heavy atom. The Morgan fingerprint density at radius 3 is 2.33 bits per heavy atom. The number of nitrogens with two attached hydrogens (primary N) is 2. The second-order valence-electron chi connectivity index (χ2n) is 3.96. The molecule has 0 radical (unpaired) electrons. The van der Waals surface area contributed by atoms with E-state index in [1.807, 2.05) is 0 Å². The van der Waals surface area contributed by atoms with Crippen molar-refractivity contribution in [3.63, 3.8) is 0 Å². The number of hydrogen-bond acceptors (Lipinski definition) is 3. The van der Waals surface area contributed by atoms with Crippen LogP contribution in [-0.2, 0) is 0 Å². The summed E-state index contributed by atoms with van der Waals surface area (Å²) in [6, 6.07) is 8.57. The minimum absolute atomic E-state index is 0.111. The van der Waals surface area contributed by atoms with Gasteiger partial charge < -0.3 is 11.5 Å². The molecule has 0 spiro atoms. The van der Waals surface area contributed by atoms with Gasteiger partial charge in [-0.25, -0.2) is 0 Å². The van der Waals surface area contributed by atoms with Crippen LogP contribution in [0, 0.1) is 5.92 Å². The summed E-state index contributed by atoms with van der Waals surface area (Å²) in [5, 5.41) is 0. The summed E-state index contributed by atoms with van der Waals surface area (Å²) >= 11 is 1.75. The van der Waals surface area contributed by atoms with Crippen LogP contribution in [0.15, 0.2) is 29.2 Å². The molecule has 0 aromatic heterocycles. The molecule has 1 aromatic rings. The first-order valence-corrected chi connectivity index (χ1v) is 6.49. The molecule has 0 bridgehead atoms. The highest BCUT2D eigenvalue weighted by Crippen LogP contribution is 2.21. The topological polar surface area (TPSA) is 52.0 Å². The van der Waals surface area contributed by atoms with Crippen molar-refractivity contribution in [2.45, 2.75) is 24.3 Å². The van der Waals surface area contributed by atoms with Crippen molar-refractivity contribution in [1.29, 1.82) is 0 Å². The Bertz CT molecular complexity index is 284. The molecule has 4 N–H and O–H groups in total. The smallest absolute Gasteiger partial charge is 0.0297 e. The van der Waals surface area contributed by atoms with Crippen molar-refractivity contribution in [3.8, 4) is 0 Å². The molecule has 1 rings (SSSR count). The lowest BCUT2D eigenvalue weighted by Crippen LogP contribution is -2.19. The summed E-state index contributed by atoms with van der Waals surface area (Å²) in [5.41, 5.74) is 12.9. The molecule has 0 fully saturated rings. The largest absolute Gasteiger partial charge is 0.330 e. The van der Waals surface area contributed by atoms with E-state index in [-0.39, 0.29) is 6.04 Å². The minimum Gasteiger partial charge on any atom is -0.330 e. The van der Waals surface area contributed by atoms with Crippen LogP contribution in [0.5, 0.6) is 0 Å². The summed E-state index contributed by atoms with van der Waals surface area (Å²) in [6.07, 6.45) is 3.03. The Kier molecular flexibility index (Phi) is 5.15. The van der Waals surface area contributed by atoms with Gasteiger partial charge in [0.1, 0.15) is 0 Å². The molecule has 1 aromatic carbocycles. The summed E-state index contributed by atoms with van der Waals surface area (Å²) in [5.74, 6) is 0.486. The summed E-state index contributed by atoms with van der Waals surface area (Å²) in [6.45, 7) is 2.84. The normalized spacial score (nSPS) is 14.9. The molecule has 0 heterocycles. The van der Waals surface area contributed by atoms with E-state index in [4.69, 9.17) is 11.5 Å². The number of thioether (sulfide) groups is 1. The first-order chi connectivity index (χ1) is 7.17. The van der Waals surface area contributed by atoms with Gasteiger partial charge in [0.2, 0.25) is 0 Å². The molecule has 0 saturated carbocycles. The van der Waals surface area contributed by atoms with E-state index >= 15 is 0 Å². The van der Waals surface area contributed by atoms with Crippen LogP contribution >= 0.6 is 11.8 Å².